The van der Waals surface area contributed by atoms with Gasteiger partial charge in [0.2, 0.25) is 0 Å². The lowest BCUT2D eigenvalue weighted by atomic mass is 9.90. The van der Waals surface area contributed by atoms with Crippen LogP contribution in [0.1, 0.15) is 36.4 Å². The Morgan fingerprint density at radius 3 is 3.00 bits per heavy atom. The lowest BCUT2D eigenvalue weighted by Crippen LogP contribution is -2.29. The monoisotopic (exact) mass is 212 g/mol. The van der Waals surface area contributed by atoms with E-state index in [1.165, 1.54) is 6.20 Å². The number of alkyl halides is 2. The molecule has 2 heterocycles. The van der Waals surface area contributed by atoms with Gasteiger partial charge in [-0.15, -0.1) is 0 Å². The maximum Gasteiger partial charge on any atom is 0.280 e. The summed E-state index contributed by atoms with van der Waals surface area (Å²) < 4.78 is 25.4. The summed E-state index contributed by atoms with van der Waals surface area (Å²) in [5, 5.41) is 3.23. The van der Waals surface area contributed by atoms with Crippen molar-refractivity contribution in [3.05, 3.63) is 29.6 Å². The number of piperidine rings is 1. The Bertz CT molecular complexity index is 322. The lowest BCUT2D eigenvalue weighted by Gasteiger charge is -2.24. The van der Waals surface area contributed by atoms with Crippen molar-refractivity contribution >= 4 is 0 Å². The van der Waals surface area contributed by atoms with E-state index < -0.39 is 6.43 Å². The van der Waals surface area contributed by atoms with E-state index in [1.54, 1.807) is 12.1 Å². The smallest absolute Gasteiger partial charge is 0.280 e. The van der Waals surface area contributed by atoms with Crippen LogP contribution in [0, 0.1) is 0 Å². The molecule has 0 aromatic carbocycles. The molecule has 1 aromatic heterocycles. The van der Waals surface area contributed by atoms with Gasteiger partial charge in [0.25, 0.3) is 6.43 Å². The average Bonchev–Trinajstić information content (AvgIpc) is 2.30. The van der Waals surface area contributed by atoms with Crippen LogP contribution >= 0.6 is 0 Å². The summed E-state index contributed by atoms with van der Waals surface area (Å²) in [7, 11) is 0. The number of hydrogen-bond donors (Lipinski definition) is 1. The number of halogens is 2. The molecule has 0 aliphatic carbocycles. The van der Waals surface area contributed by atoms with Crippen LogP contribution in [0.25, 0.3) is 0 Å². The van der Waals surface area contributed by atoms with Gasteiger partial charge in [-0.3, -0.25) is 4.98 Å². The summed E-state index contributed by atoms with van der Waals surface area (Å²) in [6.45, 7) is 1.77. The van der Waals surface area contributed by atoms with Crippen molar-refractivity contribution in [1.82, 2.24) is 10.3 Å². The van der Waals surface area contributed by atoms with Crippen molar-refractivity contribution in [2.45, 2.75) is 25.2 Å². The van der Waals surface area contributed by atoms with Gasteiger partial charge in [0.15, 0.2) is 0 Å². The minimum absolute atomic E-state index is 0.0498. The van der Waals surface area contributed by atoms with E-state index in [9.17, 15) is 8.78 Å². The minimum Gasteiger partial charge on any atom is -0.316 e. The molecular formula is C11H14F2N2. The van der Waals surface area contributed by atoms with Crippen molar-refractivity contribution in [3.63, 3.8) is 0 Å². The molecule has 1 N–H and O–H groups in total. The van der Waals surface area contributed by atoms with Crippen molar-refractivity contribution in [2.24, 2.45) is 0 Å². The summed E-state index contributed by atoms with van der Waals surface area (Å²) in [6.07, 6.45) is 0.977. The molecule has 2 rings (SSSR count). The number of rotatable bonds is 2. The highest BCUT2D eigenvalue weighted by molar-refractivity contribution is 5.25. The van der Waals surface area contributed by atoms with E-state index in [0.29, 0.717) is 5.56 Å². The molecule has 1 aliphatic heterocycles. The van der Waals surface area contributed by atoms with Crippen LogP contribution in [0.2, 0.25) is 0 Å². The van der Waals surface area contributed by atoms with E-state index >= 15 is 0 Å². The molecule has 0 radical (unpaired) electrons. The van der Waals surface area contributed by atoms with Crippen LogP contribution in [-0.2, 0) is 0 Å². The Kier molecular flexibility index (Phi) is 3.26. The van der Waals surface area contributed by atoms with Gasteiger partial charge in [0.05, 0.1) is 0 Å². The quantitative estimate of drug-likeness (QED) is 0.814. The first-order chi connectivity index (χ1) is 7.29. The number of hydrogen-bond acceptors (Lipinski definition) is 2. The summed E-state index contributed by atoms with van der Waals surface area (Å²) in [4.78, 5) is 3.78. The Morgan fingerprint density at radius 1 is 1.47 bits per heavy atom. The molecule has 1 aliphatic rings. The van der Waals surface area contributed by atoms with Crippen molar-refractivity contribution in [1.29, 1.82) is 0 Å². The Labute approximate surface area is 87.7 Å². The third kappa shape index (κ3) is 2.31. The van der Waals surface area contributed by atoms with Gasteiger partial charge in [-0.2, -0.15) is 0 Å². The standard InChI is InChI=1S/C11H14F2N2/c12-11(13)10-9(4-2-6-15-10)8-3-1-5-14-7-8/h2,4,6,8,11,14H,1,3,5,7H2. The normalized spacial score (nSPS) is 21.9. The van der Waals surface area contributed by atoms with E-state index in [0.717, 1.165) is 25.9 Å². The van der Waals surface area contributed by atoms with Gasteiger partial charge in [0.1, 0.15) is 5.69 Å². The molecule has 0 bridgehead atoms. The zero-order chi connectivity index (χ0) is 10.7. The molecule has 1 saturated heterocycles. The van der Waals surface area contributed by atoms with Crippen LogP contribution in [0.5, 0.6) is 0 Å². The molecule has 82 valence electrons. The molecule has 4 heteroatoms. The van der Waals surface area contributed by atoms with E-state index in [4.69, 9.17) is 0 Å². The number of nitrogens with one attached hydrogen (secondary N) is 1. The molecule has 2 nitrogen and oxygen atoms in total. The predicted octanol–water partition coefficient (Wildman–Crippen LogP) is 2.49. The van der Waals surface area contributed by atoms with E-state index in [1.807, 2.05) is 0 Å². The second-order valence-electron chi connectivity index (χ2n) is 3.82. The van der Waals surface area contributed by atoms with Gasteiger partial charge in [-0.1, -0.05) is 6.07 Å². The van der Waals surface area contributed by atoms with Crippen LogP contribution in [0.3, 0.4) is 0 Å². The van der Waals surface area contributed by atoms with Gasteiger partial charge in [-0.05, 0) is 36.9 Å². The highest BCUT2D eigenvalue weighted by atomic mass is 19.3. The fourth-order valence-corrected chi connectivity index (χ4v) is 2.07. The lowest BCUT2D eigenvalue weighted by molar-refractivity contribution is 0.144. The maximum atomic E-state index is 12.7. The number of pyridine rings is 1. The summed E-state index contributed by atoms with van der Waals surface area (Å²) in [5.41, 5.74) is 0.658. The van der Waals surface area contributed by atoms with Crippen molar-refractivity contribution in [3.8, 4) is 0 Å². The molecule has 1 fully saturated rings. The van der Waals surface area contributed by atoms with Gasteiger partial charge in [0, 0.05) is 12.7 Å². The third-order valence-electron chi connectivity index (χ3n) is 2.81. The average molecular weight is 212 g/mol. The Morgan fingerprint density at radius 2 is 2.33 bits per heavy atom. The maximum absolute atomic E-state index is 12.7. The molecule has 0 amide bonds. The van der Waals surface area contributed by atoms with Crippen molar-refractivity contribution < 1.29 is 8.78 Å². The molecule has 0 saturated carbocycles. The first-order valence-corrected chi connectivity index (χ1v) is 5.22. The number of nitrogens with zero attached hydrogens (tertiary/aromatic N) is 1. The van der Waals surface area contributed by atoms with E-state index in [2.05, 4.69) is 10.3 Å². The molecule has 0 spiro atoms. The first-order valence-electron chi connectivity index (χ1n) is 5.22. The molecular weight excluding hydrogens is 198 g/mol. The highest BCUT2D eigenvalue weighted by Crippen LogP contribution is 2.30. The molecule has 1 aromatic rings. The first kappa shape index (κ1) is 10.5. The molecule has 1 atom stereocenters. The summed E-state index contributed by atoms with van der Waals surface area (Å²) in [6, 6.07) is 3.50. The second kappa shape index (κ2) is 4.66. The highest BCUT2D eigenvalue weighted by Gasteiger charge is 2.22. The van der Waals surface area contributed by atoms with Gasteiger partial charge in [-0.25, -0.2) is 8.78 Å². The minimum atomic E-state index is -2.47. The van der Waals surface area contributed by atoms with Crippen LogP contribution in [-0.4, -0.2) is 18.1 Å². The zero-order valence-corrected chi connectivity index (χ0v) is 8.42. The Balaban J connectivity index is 2.25. The van der Waals surface area contributed by atoms with Gasteiger partial charge >= 0.3 is 0 Å². The largest absolute Gasteiger partial charge is 0.316 e. The van der Waals surface area contributed by atoms with Crippen LogP contribution in [0.4, 0.5) is 8.78 Å². The molecule has 1 unspecified atom stereocenters. The van der Waals surface area contributed by atoms with Crippen LogP contribution < -0.4 is 5.32 Å². The van der Waals surface area contributed by atoms with Crippen molar-refractivity contribution in [2.75, 3.05) is 13.1 Å². The predicted molar refractivity (Wildman–Crippen MR) is 54.0 cm³/mol. The third-order valence-corrected chi connectivity index (χ3v) is 2.81. The SMILES string of the molecule is FC(F)c1ncccc1C1CCCNC1. The fraction of sp³-hybridized carbons (Fsp3) is 0.545. The zero-order valence-electron chi connectivity index (χ0n) is 8.42. The summed E-state index contributed by atoms with van der Waals surface area (Å²) in [5.74, 6) is 0.191. The Hall–Kier alpha value is -1.03. The van der Waals surface area contributed by atoms with Gasteiger partial charge < -0.3 is 5.32 Å². The molecule has 15 heavy (non-hydrogen) atoms. The topological polar surface area (TPSA) is 24.9 Å². The second-order valence-corrected chi connectivity index (χ2v) is 3.82. The van der Waals surface area contributed by atoms with E-state index in [-0.39, 0.29) is 11.6 Å². The number of aromatic nitrogens is 1. The fourth-order valence-electron chi connectivity index (χ4n) is 2.07. The summed E-state index contributed by atoms with van der Waals surface area (Å²) >= 11 is 0. The van der Waals surface area contributed by atoms with Crippen LogP contribution in [0.15, 0.2) is 18.3 Å².